The first kappa shape index (κ1) is 88.0. The molecule has 0 atom stereocenters. The first-order chi connectivity index (χ1) is 54.6. The standard InChI is InChI=1S/C31H39N3O7S.C29H37N3O6S.C26H31N3O5S/c1-7-33(8-2)28(36)23-11-9-22(10-12-23)26-20-31(15-17-34(18-16-31)29(37)41-30(4,5)6)40-27-14-13-24(19-25(26)27)42(38,39)32-21(3)35;1-6-31(7-2)26(33)21-10-8-20(9-11-21)24-19-29(14-16-32(17-15-29)27(34)38-28(3,4)5)37-25-13-12-22(18-23(24)25)39(30,35)36;1-4-29(5-2)25(31)20-8-6-19(7-9-20)23-17-26(12-14-27-15-13-26)34-24-11-10-21(16-22(23)24)35(32,33)28-18(3)30/h9-14,19-20H,7-8,15-18H2,1-6H3,(H,32,35);8-13,18-19H,6-7,14-17H2,1-5H3,(H2,30,35,36);6-11,16-17,27H,4-5,12-15H2,1-3H3,(H,28,30). The maximum Gasteiger partial charge on any atom is 0.410 e. The lowest BCUT2D eigenvalue weighted by molar-refractivity contribution is -0.118. The third-order valence-electron chi connectivity index (χ3n) is 20.8. The van der Waals surface area contributed by atoms with Crippen LogP contribution < -0.4 is 34.1 Å². The highest BCUT2D eigenvalue weighted by Crippen LogP contribution is 2.48. The van der Waals surface area contributed by atoms with Crippen molar-refractivity contribution < 1.29 is 82.5 Å². The third-order valence-corrected chi connectivity index (χ3v) is 24.6. The van der Waals surface area contributed by atoms with Crippen LogP contribution in [-0.2, 0) is 49.1 Å². The summed E-state index contributed by atoms with van der Waals surface area (Å²) < 4.78 is 110. The molecule has 7 amide bonds. The Kier molecular flexibility index (Phi) is 27.0. The number of fused-ring (bicyclic) bond motifs is 3. The van der Waals surface area contributed by atoms with Crippen molar-refractivity contribution in [2.45, 2.75) is 178 Å². The van der Waals surface area contributed by atoms with Gasteiger partial charge in [0.1, 0.15) is 45.3 Å². The number of carbonyl (C=O) groups excluding carboxylic acids is 7. The predicted octanol–water partition coefficient (Wildman–Crippen LogP) is 11.9. The molecule has 6 aromatic carbocycles. The molecule has 3 fully saturated rings. The van der Waals surface area contributed by atoms with Crippen molar-refractivity contribution in [2.24, 2.45) is 5.14 Å². The fourth-order valence-electron chi connectivity index (χ4n) is 14.8. The van der Waals surface area contributed by atoms with Crippen molar-refractivity contribution in [3.63, 3.8) is 0 Å². The number of amides is 7. The van der Waals surface area contributed by atoms with Crippen LogP contribution in [-0.4, -0.2) is 198 Å². The number of hydrogen-bond donors (Lipinski definition) is 4. The number of sulfonamides is 3. The van der Waals surface area contributed by atoms with Gasteiger partial charge in [0.05, 0.1) is 14.7 Å². The lowest BCUT2D eigenvalue weighted by atomic mass is 9.83. The van der Waals surface area contributed by atoms with Crippen molar-refractivity contribution in [1.82, 2.24) is 39.3 Å². The van der Waals surface area contributed by atoms with Crippen LogP contribution >= 0.6 is 0 Å². The average Bonchev–Trinajstić information content (AvgIpc) is 0.757. The zero-order valence-electron chi connectivity index (χ0n) is 68.5. The molecule has 0 aromatic heterocycles. The fraction of sp³-hybridized carbons (Fsp3) is 0.430. The normalized spacial score (nSPS) is 16.5. The van der Waals surface area contributed by atoms with Crippen molar-refractivity contribution in [2.75, 3.05) is 78.5 Å². The molecule has 3 saturated heterocycles. The van der Waals surface area contributed by atoms with E-state index in [-0.39, 0.29) is 44.6 Å². The van der Waals surface area contributed by atoms with E-state index in [1.165, 1.54) is 36.4 Å². The van der Waals surface area contributed by atoms with Crippen LogP contribution in [0.1, 0.15) is 200 Å². The zero-order chi connectivity index (χ0) is 84.7. The second-order valence-electron chi connectivity index (χ2n) is 31.4. The van der Waals surface area contributed by atoms with Crippen molar-refractivity contribution in [3.8, 4) is 17.2 Å². The number of hydrogen-bond acceptors (Lipinski definition) is 19. The Balaban J connectivity index is 0.000000184. The molecular formula is C86H107N9O18S3. The van der Waals surface area contributed by atoms with Gasteiger partial charge in [-0.05, 0) is 239 Å². The minimum absolute atomic E-state index is 0.0141. The molecule has 116 heavy (non-hydrogen) atoms. The second kappa shape index (κ2) is 35.6. The van der Waals surface area contributed by atoms with Gasteiger partial charge in [0.15, 0.2) is 0 Å². The lowest BCUT2D eigenvalue weighted by Gasteiger charge is -2.43. The number of primary sulfonamides is 1. The van der Waals surface area contributed by atoms with Crippen molar-refractivity contribution in [3.05, 3.63) is 196 Å². The number of benzene rings is 6. The van der Waals surface area contributed by atoms with E-state index in [0.717, 1.165) is 73.2 Å². The quantitative estimate of drug-likeness (QED) is 0.0659. The summed E-state index contributed by atoms with van der Waals surface area (Å²) in [7, 11) is -12.0. The number of piperidine rings is 3. The van der Waals surface area contributed by atoms with Crippen LogP contribution in [0.5, 0.6) is 17.2 Å². The van der Waals surface area contributed by atoms with Gasteiger partial charge in [-0.3, -0.25) is 24.0 Å². The van der Waals surface area contributed by atoms with Crippen molar-refractivity contribution >= 4 is 88.5 Å². The third kappa shape index (κ3) is 20.9. The van der Waals surface area contributed by atoms with E-state index < -0.39 is 69.9 Å². The topological polar surface area (TPSA) is 346 Å². The van der Waals surface area contributed by atoms with Crippen molar-refractivity contribution in [1.29, 1.82) is 0 Å². The first-order valence-corrected chi connectivity index (χ1v) is 43.8. The molecule has 6 aromatic rings. The molecule has 622 valence electrons. The molecule has 3 spiro atoms. The Bertz CT molecular complexity index is 5150. The van der Waals surface area contributed by atoms with Crippen LogP contribution in [0.25, 0.3) is 16.7 Å². The fourth-order valence-corrected chi connectivity index (χ4v) is 17.3. The molecule has 6 aliphatic rings. The predicted molar refractivity (Wildman–Crippen MR) is 441 cm³/mol. The van der Waals surface area contributed by atoms with E-state index in [9.17, 15) is 58.8 Å². The number of likely N-dealkylation sites (tertiary alicyclic amines) is 2. The molecule has 0 unspecified atom stereocenters. The summed E-state index contributed by atoms with van der Waals surface area (Å²) in [6.07, 6.45) is 8.96. The van der Waals surface area contributed by atoms with Crippen LogP contribution in [0.15, 0.2) is 160 Å². The Morgan fingerprint density at radius 2 is 0.690 bits per heavy atom. The average molecular weight is 1650 g/mol. The van der Waals surface area contributed by atoms with Gasteiger partial charge >= 0.3 is 12.2 Å². The maximum atomic E-state index is 12.9. The first-order valence-electron chi connectivity index (χ1n) is 39.2. The molecular weight excluding hydrogens is 1540 g/mol. The Hall–Kier alpha value is -10.4. The summed E-state index contributed by atoms with van der Waals surface area (Å²) >= 11 is 0. The summed E-state index contributed by atoms with van der Waals surface area (Å²) in [4.78, 5) is 95.3. The summed E-state index contributed by atoms with van der Waals surface area (Å²) in [6, 6.07) is 35.6. The van der Waals surface area contributed by atoms with Gasteiger partial charge in [-0.1, -0.05) is 36.4 Å². The van der Waals surface area contributed by atoms with Crippen LogP contribution in [0, 0.1) is 0 Å². The van der Waals surface area contributed by atoms with E-state index in [2.05, 4.69) is 11.4 Å². The van der Waals surface area contributed by atoms with Crippen LogP contribution in [0.3, 0.4) is 0 Å². The monoisotopic (exact) mass is 1650 g/mol. The minimum atomic E-state index is -4.09. The van der Waals surface area contributed by atoms with Gasteiger partial charge in [0.25, 0.3) is 37.8 Å². The largest absolute Gasteiger partial charge is 0.482 e. The van der Waals surface area contributed by atoms with Crippen LogP contribution in [0.4, 0.5) is 9.59 Å². The zero-order valence-corrected chi connectivity index (χ0v) is 70.9. The van der Waals surface area contributed by atoms with Gasteiger partial charge in [-0.25, -0.2) is 49.4 Å². The summed E-state index contributed by atoms with van der Waals surface area (Å²) in [5.41, 5.74) is 5.20. The molecule has 27 nitrogen and oxygen atoms in total. The number of nitrogens with two attached hydrogens (primary N) is 1. The molecule has 0 radical (unpaired) electrons. The molecule has 30 heteroatoms. The highest BCUT2D eigenvalue weighted by Gasteiger charge is 2.44. The number of ether oxygens (including phenoxy) is 5. The Morgan fingerprint density at radius 1 is 0.422 bits per heavy atom. The van der Waals surface area contributed by atoms with Gasteiger partial charge in [-0.15, -0.1) is 0 Å². The Labute approximate surface area is 681 Å². The molecule has 12 rings (SSSR count). The second-order valence-corrected chi connectivity index (χ2v) is 36.3. The van der Waals surface area contributed by atoms with E-state index in [0.29, 0.717) is 142 Å². The molecule has 0 aliphatic carbocycles. The van der Waals surface area contributed by atoms with Gasteiger partial charge < -0.3 is 53.5 Å². The summed E-state index contributed by atoms with van der Waals surface area (Å²) in [6.45, 7) is 32.0. The van der Waals surface area contributed by atoms with E-state index in [1.807, 2.05) is 141 Å². The van der Waals surface area contributed by atoms with E-state index in [1.54, 1.807) is 79.1 Å². The highest BCUT2D eigenvalue weighted by atomic mass is 32.2. The summed E-state index contributed by atoms with van der Waals surface area (Å²) in [5.74, 6) is 0.131. The maximum absolute atomic E-state index is 12.9. The van der Waals surface area contributed by atoms with Gasteiger partial charge in [-0.2, -0.15) is 0 Å². The van der Waals surface area contributed by atoms with E-state index in [4.69, 9.17) is 28.8 Å². The molecule has 0 saturated carbocycles. The van der Waals surface area contributed by atoms with Gasteiger partial charge in [0, 0.05) is 151 Å². The SMILES string of the molecule is CCN(CC)C(=O)c1ccc(C2=CC3(CCN(C(=O)OC(C)(C)C)CC3)Oc3ccc(S(=O)(=O)NC(C)=O)cc32)cc1.CCN(CC)C(=O)c1ccc(C2=CC3(CCN(C(=O)OC(C)(C)C)CC3)Oc3ccc(S(N)(=O)=O)cc32)cc1.CCN(CC)C(=O)c1ccc(C2=CC3(CCNCC3)Oc3ccc(S(=O)(=O)NC(C)=O)cc32)cc1. The highest BCUT2D eigenvalue weighted by molar-refractivity contribution is 7.90. The molecule has 6 heterocycles. The number of nitrogens with zero attached hydrogens (tertiary/aromatic N) is 5. The Morgan fingerprint density at radius 3 is 0.948 bits per heavy atom. The molecule has 6 aliphatic heterocycles. The van der Waals surface area contributed by atoms with Crippen LogP contribution in [0.2, 0.25) is 0 Å². The van der Waals surface area contributed by atoms with E-state index >= 15 is 0 Å². The number of carbonyl (C=O) groups is 7. The summed E-state index contributed by atoms with van der Waals surface area (Å²) in [5, 5.41) is 8.78. The molecule has 0 bridgehead atoms. The number of nitrogens with one attached hydrogen (secondary N) is 3. The van der Waals surface area contributed by atoms with Gasteiger partial charge in [0.2, 0.25) is 21.8 Å². The minimum Gasteiger partial charge on any atom is -0.482 e. The number of rotatable bonds is 17. The molecule has 5 N–H and O–H groups in total. The smallest absolute Gasteiger partial charge is 0.410 e. The lowest BCUT2D eigenvalue weighted by Crippen LogP contribution is -2.50.